The summed E-state index contributed by atoms with van der Waals surface area (Å²) < 4.78 is 0.691. The molecule has 20 heavy (non-hydrogen) atoms. The van der Waals surface area contributed by atoms with Crippen LogP contribution in [0.1, 0.15) is 10.4 Å². The standard InChI is InChI=1S/C14H9BrClN3O/c15-11-3-1-2-10(13(11)16)14(20)18-9-5-4-8-7-17-19-12(8)6-9/h1-7H,(H,17,19)(H,18,20). The van der Waals surface area contributed by atoms with Crippen LogP contribution in [0.4, 0.5) is 5.69 Å². The van der Waals surface area contributed by atoms with Gasteiger partial charge in [-0.05, 0) is 46.3 Å². The summed E-state index contributed by atoms with van der Waals surface area (Å²) in [5.41, 5.74) is 1.97. The molecule has 0 saturated heterocycles. The van der Waals surface area contributed by atoms with Crippen molar-refractivity contribution >= 4 is 50.0 Å². The average Bonchev–Trinajstić information content (AvgIpc) is 2.89. The number of fused-ring (bicyclic) bond motifs is 1. The summed E-state index contributed by atoms with van der Waals surface area (Å²) in [6.45, 7) is 0. The molecule has 1 amide bonds. The van der Waals surface area contributed by atoms with Gasteiger partial charge in [-0.2, -0.15) is 5.10 Å². The average molecular weight is 351 g/mol. The van der Waals surface area contributed by atoms with Crippen molar-refractivity contribution in [2.45, 2.75) is 0 Å². The Kier molecular flexibility index (Phi) is 3.46. The van der Waals surface area contributed by atoms with Crippen LogP contribution in [0.15, 0.2) is 47.1 Å². The Morgan fingerprint density at radius 1 is 1.30 bits per heavy atom. The minimum Gasteiger partial charge on any atom is -0.322 e. The highest BCUT2D eigenvalue weighted by Gasteiger charge is 2.12. The van der Waals surface area contributed by atoms with E-state index in [0.29, 0.717) is 20.7 Å². The van der Waals surface area contributed by atoms with Crippen LogP contribution in [-0.4, -0.2) is 16.1 Å². The molecule has 0 radical (unpaired) electrons. The van der Waals surface area contributed by atoms with Crippen molar-refractivity contribution in [2.75, 3.05) is 5.32 Å². The van der Waals surface area contributed by atoms with E-state index in [0.717, 1.165) is 10.9 Å². The summed E-state index contributed by atoms with van der Waals surface area (Å²) in [7, 11) is 0. The van der Waals surface area contributed by atoms with Crippen molar-refractivity contribution in [3.8, 4) is 0 Å². The van der Waals surface area contributed by atoms with E-state index in [1.807, 2.05) is 18.2 Å². The third-order valence-electron chi connectivity index (χ3n) is 2.90. The smallest absolute Gasteiger partial charge is 0.257 e. The molecular weight excluding hydrogens is 342 g/mol. The highest BCUT2D eigenvalue weighted by Crippen LogP contribution is 2.27. The normalized spacial score (nSPS) is 10.7. The lowest BCUT2D eigenvalue weighted by Gasteiger charge is -2.07. The van der Waals surface area contributed by atoms with Crippen LogP contribution in [0.3, 0.4) is 0 Å². The van der Waals surface area contributed by atoms with Crippen LogP contribution in [0.25, 0.3) is 10.9 Å². The number of nitrogens with zero attached hydrogens (tertiary/aromatic N) is 1. The maximum absolute atomic E-state index is 12.2. The van der Waals surface area contributed by atoms with Crippen molar-refractivity contribution in [2.24, 2.45) is 0 Å². The Hall–Kier alpha value is -1.85. The minimum atomic E-state index is -0.254. The van der Waals surface area contributed by atoms with Gasteiger partial charge in [0, 0.05) is 15.5 Å². The van der Waals surface area contributed by atoms with Crippen LogP contribution in [0.2, 0.25) is 5.02 Å². The zero-order valence-electron chi connectivity index (χ0n) is 10.2. The SMILES string of the molecule is O=C(Nc1ccc2cn[nH]c2c1)c1cccc(Br)c1Cl. The van der Waals surface area contributed by atoms with Gasteiger partial charge in [0.2, 0.25) is 0 Å². The van der Waals surface area contributed by atoms with E-state index < -0.39 is 0 Å². The summed E-state index contributed by atoms with van der Waals surface area (Å²) >= 11 is 9.41. The van der Waals surface area contributed by atoms with E-state index in [1.165, 1.54) is 0 Å². The summed E-state index contributed by atoms with van der Waals surface area (Å²) in [5, 5.41) is 11.0. The molecule has 0 fully saturated rings. The van der Waals surface area contributed by atoms with Gasteiger partial charge < -0.3 is 5.32 Å². The van der Waals surface area contributed by atoms with E-state index in [4.69, 9.17) is 11.6 Å². The molecule has 0 aliphatic carbocycles. The molecule has 1 aromatic heterocycles. The summed E-state index contributed by atoms with van der Waals surface area (Å²) in [6, 6.07) is 10.8. The predicted octanol–water partition coefficient (Wildman–Crippen LogP) is 4.23. The number of aromatic nitrogens is 2. The molecule has 2 aromatic carbocycles. The maximum Gasteiger partial charge on any atom is 0.257 e. The second-order valence-electron chi connectivity index (χ2n) is 4.23. The number of halogens is 2. The first-order valence-electron chi connectivity index (χ1n) is 5.83. The summed E-state index contributed by atoms with van der Waals surface area (Å²) in [4.78, 5) is 12.2. The Morgan fingerprint density at radius 2 is 2.15 bits per heavy atom. The third-order valence-corrected chi connectivity index (χ3v) is 4.19. The zero-order chi connectivity index (χ0) is 14.1. The molecular formula is C14H9BrClN3O. The van der Waals surface area contributed by atoms with Crippen LogP contribution in [0, 0.1) is 0 Å². The first kappa shape index (κ1) is 13.1. The van der Waals surface area contributed by atoms with Gasteiger partial charge in [0.25, 0.3) is 5.91 Å². The van der Waals surface area contributed by atoms with E-state index in [1.54, 1.807) is 24.4 Å². The van der Waals surface area contributed by atoms with Crippen LogP contribution < -0.4 is 5.32 Å². The fourth-order valence-electron chi connectivity index (χ4n) is 1.89. The van der Waals surface area contributed by atoms with Gasteiger partial charge in [-0.15, -0.1) is 0 Å². The lowest BCUT2D eigenvalue weighted by molar-refractivity contribution is 0.102. The van der Waals surface area contributed by atoms with Crippen molar-refractivity contribution in [3.05, 3.63) is 57.7 Å². The van der Waals surface area contributed by atoms with Crippen LogP contribution in [0.5, 0.6) is 0 Å². The van der Waals surface area contributed by atoms with Crippen molar-refractivity contribution < 1.29 is 4.79 Å². The number of anilines is 1. The van der Waals surface area contributed by atoms with Crippen molar-refractivity contribution in [1.29, 1.82) is 0 Å². The van der Waals surface area contributed by atoms with Gasteiger partial charge in [0.05, 0.1) is 22.3 Å². The van der Waals surface area contributed by atoms with E-state index in [9.17, 15) is 4.79 Å². The molecule has 0 saturated carbocycles. The van der Waals surface area contributed by atoms with Gasteiger partial charge >= 0.3 is 0 Å². The fourth-order valence-corrected chi connectivity index (χ4v) is 2.47. The molecule has 0 bridgehead atoms. The quantitative estimate of drug-likeness (QED) is 0.726. The highest BCUT2D eigenvalue weighted by molar-refractivity contribution is 9.10. The number of aromatic amines is 1. The van der Waals surface area contributed by atoms with Crippen LogP contribution >= 0.6 is 27.5 Å². The zero-order valence-corrected chi connectivity index (χ0v) is 12.5. The second kappa shape index (κ2) is 5.26. The summed E-state index contributed by atoms with van der Waals surface area (Å²) in [5.74, 6) is -0.254. The Bertz CT molecular complexity index is 800. The van der Waals surface area contributed by atoms with E-state index in [2.05, 4.69) is 31.4 Å². The van der Waals surface area contributed by atoms with Gasteiger partial charge in [-0.1, -0.05) is 17.7 Å². The summed E-state index contributed by atoms with van der Waals surface area (Å²) in [6.07, 6.45) is 1.73. The Morgan fingerprint density at radius 3 is 3.00 bits per heavy atom. The number of benzene rings is 2. The first-order chi connectivity index (χ1) is 9.65. The Labute approximate surface area is 128 Å². The van der Waals surface area contributed by atoms with Gasteiger partial charge in [0.1, 0.15) is 0 Å². The molecule has 2 N–H and O–H groups in total. The monoisotopic (exact) mass is 349 g/mol. The number of amides is 1. The van der Waals surface area contributed by atoms with Crippen molar-refractivity contribution in [1.82, 2.24) is 10.2 Å². The largest absolute Gasteiger partial charge is 0.322 e. The van der Waals surface area contributed by atoms with Gasteiger partial charge in [-0.3, -0.25) is 9.89 Å². The topological polar surface area (TPSA) is 57.8 Å². The van der Waals surface area contributed by atoms with E-state index in [-0.39, 0.29) is 5.91 Å². The molecule has 0 aliphatic rings. The Balaban J connectivity index is 1.90. The number of hydrogen-bond donors (Lipinski definition) is 2. The number of carbonyl (C=O) groups excluding carboxylic acids is 1. The number of rotatable bonds is 2. The molecule has 6 heteroatoms. The lowest BCUT2D eigenvalue weighted by atomic mass is 10.2. The molecule has 0 aliphatic heterocycles. The number of nitrogens with one attached hydrogen (secondary N) is 2. The molecule has 0 unspecified atom stereocenters. The number of carbonyl (C=O) groups is 1. The number of hydrogen-bond acceptors (Lipinski definition) is 2. The van der Waals surface area contributed by atoms with Gasteiger partial charge in [-0.25, -0.2) is 0 Å². The fraction of sp³-hybridized carbons (Fsp3) is 0. The highest BCUT2D eigenvalue weighted by atomic mass is 79.9. The molecule has 1 heterocycles. The first-order valence-corrected chi connectivity index (χ1v) is 7.01. The van der Waals surface area contributed by atoms with Crippen molar-refractivity contribution in [3.63, 3.8) is 0 Å². The van der Waals surface area contributed by atoms with Gasteiger partial charge in [0.15, 0.2) is 0 Å². The van der Waals surface area contributed by atoms with E-state index >= 15 is 0 Å². The molecule has 100 valence electrons. The minimum absolute atomic E-state index is 0.254. The molecule has 0 spiro atoms. The second-order valence-corrected chi connectivity index (χ2v) is 5.46. The molecule has 3 rings (SSSR count). The third kappa shape index (κ3) is 2.42. The van der Waals surface area contributed by atoms with Crippen LogP contribution in [-0.2, 0) is 0 Å². The maximum atomic E-state index is 12.2. The predicted molar refractivity (Wildman–Crippen MR) is 83.2 cm³/mol. The molecule has 0 atom stereocenters. The lowest BCUT2D eigenvalue weighted by Crippen LogP contribution is -2.12. The number of H-pyrrole nitrogens is 1. The molecule has 4 nitrogen and oxygen atoms in total. The molecule has 3 aromatic rings.